The van der Waals surface area contributed by atoms with E-state index in [0.29, 0.717) is 18.2 Å². The second kappa shape index (κ2) is 5.92. The third-order valence-electron chi connectivity index (χ3n) is 4.85. The summed E-state index contributed by atoms with van der Waals surface area (Å²) in [6.45, 7) is 0. The predicted octanol–water partition coefficient (Wildman–Crippen LogP) is 2.09. The van der Waals surface area contributed by atoms with Crippen LogP contribution in [0, 0.1) is 5.92 Å². The van der Waals surface area contributed by atoms with E-state index in [-0.39, 0.29) is 11.8 Å². The molecule has 20 heavy (non-hydrogen) atoms. The molecule has 1 aromatic heterocycles. The number of aromatic nitrogens is 1. The molecule has 1 aliphatic heterocycles. The number of carbonyl (C=O) groups is 1. The highest BCUT2D eigenvalue weighted by atomic mass is 16.1. The number of piperidine rings is 1. The minimum Gasteiger partial charge on any atom is -0.398 e. The van der Waals surface area contributed by atoms with E-state index in [1.165, 1.54) is 32.1 Å². The molecule has 3 atom stereocenters. The fraction of sp³-hybridized carbons (Fsp3) is 0.625. The van der Waals surface area contributed by atoms with Crippen LogP contribution in [0.25, 0.3) is 0 Å². The van der Waals surface area contributed by atoms with Gasteiger partial charge in [0.15, 0.2) is 5.78 Å². The molecule has 1 aromatic rings. The van der Waals surface area contributed by atoms with Gasteiger partial charge in [0, 0.05) is 36.1 Å². The van der Waals surface area contributed by atoms with Crippen molar-refractivity contribution < 1.29 is 4.79 Å². The number of ketones is 1. The Bertz CT molecular complexity index is 488. The normalized spacial score (nSPS) is 29.7. The molecule has 0 radical (unpaired) electrons. The third-order valence-corrected chi connectivity index (χ3v) is 4.85. The summed E-state index contributed by atoms with van der Waals surface area (Å²) in [6.07, 6.45) is 11.1. The molecule has 4 nitrogen and oxygen atoms in total. The van der Waals surface area contributed by atoms with Gasteiger partial charge in [-0.25, -0.2) is 0 Å². The number of anilines is 1. The van der Waals surface area contributed by atoms with Gasteiger partial charge in [-0.05, 0) is 37.7 Å². The average molecular weight is 273 g/mol. The molecule has 2 heterocycles. The van der Waals surface area contributed by atoms with E-state index < -0.39 is 0 Å². The van der Waals surface area contributed by atoms with Crippen LogP contribution in [0.1, 0.15) is 44.1 Å². The molecular formula is C16H23N3O. The smallest absolute Gasteiger partial charge is 0.154 e. The number of nitrogens with zero attached hydrogens (tertiary/aromatic N) is 1. The molecule has 1 saturated carbocycles. The number of fused-ring (bicyclic) bond motifs is 1. The molecule has 0 spiro atoms. The molecule has 0 amide bonds. The van der Waals surface area contributed by atoms with Crippen LogP contribution >= 0.6 is 0 Å². The SMILES string of the molecule is Nc1ccncc1CC(=O)C1CCC2CCCCC2N1. The monoisotopic (exact) mass is 273 g/mol. The zero-order chi connectivity index (χ0) is 13.9. The number of Topliss-reactive ketones (excluding diaryl/α,β-unsaturated/α-hetero) is 1. The summed E-state index contributed by atoms with van der Waals surface area (Å²) in [5, 5.41) is 3.58. The lowest BCUT2D eigenvalue weighted by Crippen LogP contribution is -2.52. The van der Waals surface area contributed by atoms with E-state index >= 15 is 0 Å². The van der Waals surface area contributed by atoms with Gasteiger partial charge < -0.3 is 11.1 Å². The topological polar surface area (TPSA) is 68.0 Å². The molecule has 0 aromatic carbocycles. The summed E-state index contributed by atoms with van der Waals surface area (Å²) in [4.78, 5) is 16.5. The van der Waals surface area contributed by atoms with Gasteiger partial charge in [0.25, 0.3) is 0 Å². The highest BCUT2D eigenvalue weighted by Gasteiger charge is 2.34. The van der Waals surface area contributed by atoms with E-state index in [2.05, 4.69) is 10.3 Å². The van der Waals surface area contributed by atoms with Gasteiger partial charge in [-0.1, -0.05) is 12.8 Å². The first kappa shape index (κ1) is 13.6. The maximum atomic E-state index is 12.4. The van der Waals surface area contributed by atoms with Gasteiger partial charge in [-0.2, -0.15) is 0 Å². The highest BCUT2D eigenvalue weighted by molar-refractivity contribution is 5.87. The number of rotatable bonds is 3. The van der Waals surface area contributed by atoms with Crippen molar-refractivity contribution >= 4 is 11.5 Å². The first-order valence-electron chi connectivity index (χ1n) is 7.71. The first-order valence-corrected chi connectivity index (χ1v) is 7.71. The Labute approximate surface area is 120 Å². The van der Waals surface area contributed by atoms with Gasteiger partial charge in [0.1, 0.15) is 0 Å². The number of nitrogens with two attached hydrogens (primary N) is 1. The van der Waals surface area contributed by atoms with Crippen LogP contribution in [0.5, 0.6) is 0 Å². The van der Waals surface area contributed by atoms with E-state index in [1.807, 2.05) is 0 Å². The largest absolute Gasteiger partial charge is 0.398 e. The van der Waals surface area contributed by atoms with Crippen LogP contribution < -0.4 is 11.1 Å². The second-order valence-electron chi connectivity index (χ2n) is 6.17. The van der Waals surface area contributed by atoms with Gasteiger partial charge >= 0.3 is 0 Å². The lowest BCUT2D eigenvalue weighted by molar-refractivity contribution is -0.121. The van der Waals surface area contributed by atoms with E-state index in [4.69, 9.17) is 5.73 Å². The Hall–Kier alpha value is -1.42. The summed E-state index contributed by atoms with van der Waals surface area (Å²) < 4.78 is 0. The van der Waals surface area contributed by atoms with Crippen LogP contribution in [-0.4, -0.2) is 22.9 Å². The molecule has 2 fully saturated rings. The number of hydrogen-bond donors (Lipinski definition) is 2. The minimum atomic E-state index is 0.00829. The van der Waals surface area contributed by atoms with Gasteiger partial charge in [0.2, 0.25) is 0 Å². The summed E-state index contributed by atoms with van der Waals surface area (Å²) in [6, 6.07) is 2.32. The van der Waals surface area contributed by atoms with Crippen LogP contribution in [-0.2, 0) is 11.2 Å². The molecule has 108 valence electrons. The van der Waals surface area contributed by atoms with Crippen LogP contribution in [0.4, 0.5) is 5.69 Å². The molecule has 1 saturated heterocycles. The standard InChI is InChI=1S/C16H23N3O/c17-13-7-8-18-10-12(13)9-16(20)15-6-5-11-3-1-2-4-14(11)19-15/h7-8,10-11,14-15,19H,1-6,9H2,(H2,17,18). The number of hydrogen-bond acceptors (Lipinski definition) is 4. The number of nitrogen functional groups attached to an aromatic ring is 1. The van der Waals surface area contributed by atoms with Crippen molar-refractivity contribution in [2.75, 3.05) is 5.73 Å². The van der Waals surface area contributed by atoms with Crippen LogP contribution in [0.2, 0.25) is 0 Å². The summed E-state index contributed by atoms with van der Waals surface area (Å²) in [5.74, 6) is 1.05. The zero-order valence-electron chi connectivity index (χ0n) is 11.8. The molecule has 3 N–H and O–H groups in total. The summed E-state index contributed by atoms with van der Waals surface area (Å²) >= 11 is 0. The molecule has 3 unspecified atom stereocenters. The van der Waals surface area contributed by atoms with E-state index in [9.17, 15) is 4.79 Å². The van der Waals surface area contributed by atoms with Crippen LogP contribution in [0.15, 0.2) is 18.5 Å². The molecule has 0 bridgehead atoms. The van der Waals surface area contributed by atoms with Crippen molar-refractivity contribution in [3.05, 3.63) is 24.0 Å². The number of pyridine rings is 1. The van der Waals surface area contributed by atoms with Gasteiger partial charge in [0.05, 0.1) is 6.04 Å². The quantitative estimate of drug-likeness (QED) is 0.885. The number of nitrogens with one attached hydrogen (secondary N) is 1. The maximum absolute atomic E-state index is 12.4. The number of carbonyl (C=O) groups excluding carboxylic acids is 1. The van der Waals surface area contributed by atoms with Crippen molar-refractivity contribution in [3.63, 3.8) is 0 Å². The van der Waals surface area contributed by atoms with E-state index in [0.717, 1.165) is 17.9 Å². The fourth-order valence-electron chi connectivity index (χ4n) is 3.65. The van der Waals surface area contributed by atoms with Crippen molar-refractivity contribution in [3.8, 4) is 0 Å². The highest BCUT2D eigenvalue weighted by Crippen LogP contribution is 2.32. The third kappa shape index (κ3) is 2.85. The van der Waals surface area contributed by atoms with Crippen molar-refractivity contribution in [1.82, 2.24) is 10.3 Å². The van der Waals surface area contributed by atoms with Gasteiger partial charge in [-0.15, -0.1) is 0 Å². The molecule has 2 aliphatic rings. The minimum absolute atomic E-state index is 0.00829. The molecular weight excluding hydrogens is 250 g/mol. The Kier molecular flexibility index (Phi) is 4.01. The summed E-state index contributed by atoms with van der Waals surface area (Å²) in [7, 11) is 0. The van der Waals surface area contributed by atoms with E-state index in [1.54, 1.807) is 18.5 Å². The molecule has 4 heteroatoms. The van der Waals surface area contributed by atoms with Gasteiger partial charge in [-0.3, -0.25) is 9.78 Å². The fourth-order valence-corrected chi connectivity index (χ4v) is 3.65. The lowest BCUT2D eigenvalue weighted by atomic mass is 9.77. The second-order valence-corrected chi connectivity index (χ2v) is 6.17. The molecule has 1 aliphatic carbocycles. The van der Waals surface area contributed by atoms with Crippen molar-refractivity contribution in [2.24, 2.45) is 5.92 Å². The zero-order valence-corrected chi connectivity index (χ0v) is 11.8. The first-order chi connectivity index (χ1) is 9.74. The predicted molar refractivity (Wildman–Crippen MR) is 79.3 cm³/mol. The van der Waals surface area contributed by atoms with Crippen molar-refractivity contribution in [1.29, 1.82) is 0 Å². The summed E-state index contributed by atoms with van der Waals surface area (Å²) in [5.41, 5.74) is 7.41. The molecule has 3 rings (SSSR count). The Morgan fingerprint density at radius 3 is 3.00 bits per heavy atom. The maximum Gasteiger partial charge on any atom is 0.154 e. The lowest BCUT2D eigenvalue weighted by Gasteiger charge is -2.40. The Morgan fingerprint density at radius 1 is 1.30 bits per heavy atom. The average Bonchev–Trinajstić information content (AvgIpc) is 2.49. The van der Waals surface area contributed by atoms with Crippen LogP contribution in [0.3, 0.4) is 0 Å². The Morgan fingerprint density at radius 2 is 2.15 bits per heavy atom. The van der Waals surface area contributed by atoms with Crippen molar-refractivity contribution in [2.45, 2.75) is 57.0 Å². The Balaban J connectivity index is 1.62.